The van der Waals surface area contributed by atoms with Gasteiger partial charge in [-0.2, -0.15) is 0 Å². The van der Waals surface area contributed by atoms with Crippen molar-refractivity contribution in [2.24, 2.45) is 11.8 Å². The first-order valence-corrected chi connectivity index (χ1v) is 8.85. The Kier molecular flexibility index (Phi) is 5.19. The molecule has 0 spiro atoms. The predicted molar refractivity (Wildman–Crippen MR) is 97.3 cm³/mol. The second-order valence-corrected chi connectivity index (χ2v) is 7.16. The van der Waals surface area contributed by atoms with Crippen molar-refractivity contribution in [2.75, 3.05) is 24.5 Å². The molecule has 0 saturated carbocycles. The molecule has 1 fully saturated rings. The van der Waals surface area contributed by atoms with Crippen LogP contribution in [-0.2, 0) is 4.79 Å². The highest BCUT2D eigenvalue weighted by molar-refractivity contribution is 6.31. The SMILES string of the molecule is CC(C)C(=O)NCC1CCCN(c2ccc3cc(Cl)cnc3n2)C1. The van der Waals surface area contributed by atoms with Crippen LogP contribution >= 0.6 is 11.6 Å². The number of piperidine rings is 1. The summed E-state index contributed by atoms with van der Waals surface area (Å²) in [7, 11) is 0. The molecule has 3 heterocycles. The van der Waals surface area contributed by atoms with E-state index in [9.17, 15) is 4.79 Å². The van der Waals surface area contributed by atoms with Crippen molar-refractivity contribution in [2.45, 2.75) is 26.7 Å². The van der Waals surface area contributed by atoms with Crippen LogP contribution in [0.1, 0.15) is 26.7 Å². The Morgan fingerprint density at radius 3 is 3.08 bits per heavy atom. The molecule has 2 aromatic heterocycles. The first-order chi connectivity index (χ1) is 11.5. The molecule has 1 unspecified atom stereocenters. The number of fused-ring (bicyclic) bond motifs is 1. The molecule has 5 nitrogen and oxygen atoms in total. The van der Waals surface area contributed by atoms with Gasteiger partial charge >= 0.3 is 0 Å². The maximum atomic E-state index is 11.8. The third-order valence-electron chi connectivity index (χ3n) is 4.43. The van der Waals surface area contributed by atoms with Crippen molar-refractivity contribution in [1.29, 1.82) is 0 Å². The average molecular weight is 347 g/mol. The quantitative estimate of drug-likeness (QED) is 0.923. The molecule has 0 radical (unpaired) electrons. The van der Waals surface area contributed by atoms with Crippen LogP contribution in [0.2, 0.25) is 5.02 Å². The Morgan fingerprint density at radius 2 is 2.29 bits per heavy atom. The molecule has 0 aliphatic carbocycles. The van der Waals surface area contributed by atoms with Gasteiger partial charge in [-0.15, -0.1) is 0 Å². The van der Waals surface area contributed by atoms with Crippen LogP contribution in [0.15, 0.2) is 24.4 Å². The van der Waals surface area contributed by atoms with Crippen LogP contribution in [0.4, 0.5) is 5.82 Å². The van der Waals surface area contributed by atoms with Crippen LogP contribution < -0.4 is 10.2 Å². The minimum absolute atomic E-state index is 0.0322. The summed E-state index contributed by atoms with van der Waals surface area (Å²) in [5, 5.41) is 4.62. The Bertz CT molecular complexity index is 734. The molecular weight excluding hydrogens is 324 g/mol. The summed E-state index contributed by atoms with van der Waals surface area (Å²) in [6.45, 7) is 6.46. The van der Waals surface area contributed by atoms with Crippen molar-refractivity contribution < 1.29 is 4.79 Å². The normalized spacial score (nSPS) is 18.2. The Morgan fingerprint density at radius 1 is 1.46 bits per heavy atom. The van der Waals surface area contributed by atoms with Crippen LogP contribution in [0.25, 0.3) is 11.0 Å². The summed E-state index contributed by atoms with van der Waals surface area (Å²) in [6.07, 6.45) is 3.87. The van der Waals surface area contributed by atoms with Gasteiger partial charge in [0, 0.05) is 37.1 Å². The van der Waals surface area contributed by atoms with Gasteiger partial charge in [0.15, 0.2) is 5.65 Å². The second-order valence-electron chi connectivity index (χ2n) is 6.72. The number of aromatic nitrogens is 2. The molecule has 1 aliphatic heterocycles. The van der Waals surface area contributed by atoms with Crippen LogP contribution in [0, 0.1) is 11.8 Å². The molecule has 3 rings (SSSR count). The number of nitrogens with one attached hydrogen (secondary N) is 1. The summed E-state index contributed by atoms with van der Waals surface area (Å²) in [4.78, 5) is 23.0. The van der Waals surface area contributed by atoms with Gasteiger partial charge in [0.2, 0.25) is 5.91 Å². The van der Waals surface area contributed by atoms with Gasteiger partial charge < -0.3 is 10.2 Å². The van der Waals surface area contributed by atoms with E-state index in [2.05, 4.69) is 20.2 Å². The van der Waals surface area contributed by atoms with E-state index in [1.807, 2.05) is 32.0 Å². The van der Waals surface area contributed by atoms with Crippen LogP contribution in [0.3, 0.4) is 0 Å². The van der Waals surface area contributed by atoms with Crippen molar-refractivity contribution in [1.82, 2.24) is 15.3 Å². The number of carbonyl (C=O) groups is 1. The number of hydrogen-bond acceptors (Lipinski definition) is 4. The van der Waals surface area contributed by atoms with Crippen molar-refractivity contribution >= 4 is 34.4 Å². The summed E-state index contributed by atoms with van der Waals surface area (Å²) < 4.78 is 0. The van der Waals surface area contributed by atoms with E-state index in [0.29, 0.717) is 16.6 Å². The molecule has 1 aliphatic rings. The third kappa shape index (κ3) is 3.96. The summed E-state index contributed by atoms with van der Waals surface area (Å²) in [5.41, 5.74) is 0.715. The number of anilines is 1. The first-order valence-electron chi connectivity index (χ1n) is 8.48. The number of rotatable bonds is 4. The first kappa shape index (κ1) is 17.0. The lowest BCUT2D eigenvalue weighted by atomic mass is 9.97. The minimum atomic E-state index is 0.0322. The lowest BCUT2D eigenvalue weighted by molar-refractivity contribution is -0.124. The zero-order valence-electron chi connectivity index (χ0n) is 14.1. The number of hydrogen-bond donors (Lipinski definition) is 1. The van der Waals surface area contributed by atoms with Gasteiger partial charge in [-0.3, -0.25) is 4.79 Å². The van der Waals surface area contributed by atoms with E-state index in [-0.39, 0.29) is 11.8 Å². The molecule has 0 bridgehead atoms. The third-order valence-corrected chi connectivity index (χ3v) is 4.63. The molecular formula is C18H23ClN4O. The molecule has 0 aromatic carbocycles. The number of nitrogens with zero attached hydrogens (tertiary/aromatic N) is 3. The fourth-order valence-electron chi connectivity index (χ4n) is 3.04. The highest BCUT2D eigenvalue weighted by Gasteiger charge is 2.22. The van der Waals surface area contributed by atoms with Crippen molar-refractivity contribution in [3.8, 4) is 0 Å². The van der Waals surface area contributed by atoms with Crippen LogP contribution in [0.5, 0.6) is 0 Å². The smallest absolute Gasteiger partial charge is 0.222 e. The van der Waals surface area contributed by atoms with E-state index >= 15 is 0 Å². The number of carbonyl (C=O) groups excluding carboxylic acids is 1. The van der Waals surface area contributed by atoms with Crippen molar-refractivity contribution in [3.05, 3.63) is 29.4 Å². The van der Waals surface area contributed by atoms with E-state index in [1.54, 1.807) is 6.20 Å². The molecule has 24 heavy (non-hydrogen) atoms. The largest absolute Gasteiger partial charge is 0.356 e. The lowest BCUT2D eigenvalue weighted by Gasteiger charge is -2.33. The fraction of sp³-hybridized carbons (Fsp3) is 0.500. The maximum Gasteiger partial charge on any atom is 0.222 e. The monoisotopic (exact) mass is 346 g/mol. The number of amides is 1. The minimum Gasteiger partial charge on any atom is -0.356 e. The number of pyridine rings is 2. The molecule has 2 aromatic rings. The Balaban J connectivity index is 1.68. The summed E-state index contributed by atoms with van der Waals surface area (Å²) in [6, 6.07) is 5.91. The van der Waals surface area contributed by atoms with E-state index in [1.165, 1.54) is 0 Å². The highest BCUT2D eigenvalue weighted by Crippen LogP contribution is 2.24. The zero-order valence-corrected chi connectivity index (χ0v) is 14.9. The molecule has 6 heteroatoms. The van der Waals surface area contributed by atoms with Crippen LogP contribution in [-0.4, -0.2) is 35.5 Å². The molecule has 128 valence electrons. The van der Waals surface area contributed by atoms with Gasteiger partial charge in [0.25, 0.3) is 0 Å². The predicted octanol–water partition coefficient (Wildman–Crippen LogP) is 3.27. The molecule has 1 atom stereocenters. The highest BCUT2D eigenvalue weighted by atomic mass is 35.5. The van der Waals surface area contributed by atoms with E-state index in [0.717, 1.165) is 43.7 Å². The Labute approximate surface area is 147 Å². The summed E-state index contributed by atoms with van der Waals surface area (Å²) >= 11 is 5.97. The molecule has 1 N–H and O–H groups in total. The second kappa shape index (κ2) is 7.34. The van der Waals surface area contributed by atoms with E-state index < -0.39 is 0 Å². The van der Waals surface area contributed by atoms with Gasteiger partial charge in [0.05, 0.1) is 5.02 Å². The molecule has 1 amide bonds. The van der Waals surface area contributed by atoms with E-state index in [4.69, 9.17) is 11.6 Å². The van der Waals surface area contributed by atoms with Gasteiger partial charge in [-0.25, -0.2) is 9.97 Å². The van der Waals surface area contributed by atoms with Gasteiger partial charge in [0.1, 0.15) is 5.82 Å². The Hall–Kier alpha value is -1.88. The topological polar surface area (TPSA) is 58.1 Å². The number of halogens is 1. The standard InChI is InChI=1S/C18H23ClN4O/c1-12(2)18(24)21-9-13-4-3-7-23(11-13)16-6-5-14-8-15(19)10-20-17(14)22-16/h5-6,8,10,12-13H,3-4,7,9,11H2,1-2H3,(H,21,24). The fourth-order valence-corrected chi connectivity index (χ4v) is 3.21. The van der Waals surface area contributed by atoms with Crippen molar-refractivity contribution in [3.63, 3.8) is 0 Å². The average Bonchev–Trinajstić information content (AvgIpc) is 2.59. The summed E-state index contributed by atoms with van der Waals surface area (Å²) in [5.74, 6) is 1.55. The van der Waals surface area contributed by atoms with Gasteiger partial charge in [-0.1, -0.05) is 25.4 Å². The molecule has 1 saturated heterocycles. The van der Waals surface area contributed by atoms with Gasteiger partial charge in [-0.05, 0) is 37.0 Å². The zero-order chi connectivity index (χ0) is 17.1. The maximum absolute atomic E-state index is 11.8. The lowest BCUT2D eigenvalue weighted by Crippen LogP contribution is -2.42.